The number of halogens is 4. The number of nitrogens with one attached hydrogen (secondary N) is 1. The van der Waals surface area contributed by atoms with Crippen LogP contribution in [0, 0.1) is 17.7 Å². The Morgan fingerprint density at radius 2 is 1.74 bits per heavy atom. The molecule has 1 heterocycles. The molecule has 1 saturated heterocycles. The SMILES string of the molecule is O=C(NC(c1ccc(C(F)(F)F)cc1F)C1CC1)[C@H]1C[C@H]2C[C@H]2N1C(=O)c1cccc(S(=O)(=O)C2CC2)c1. The van der Waals surface area contributed by atoms with Gasteiger partial charge < -0.3 is 10.2 Å². The number of nitrogens with zero attached hydrogens (tertiary/aromatic N) is 1. The van der Waals surface area contributed by atoms with Gasteiger partial charge in [-0.3, -0.25) is 9.59 Å². The quantitative estimate of drug-likeness (QED) is 0.509. The highest BCUT2D eigenvalue weighted by Gasteiger charge is 2.56. The van der Waals surface area contributed by atoms with Crippen molar-refractivity contribution < 1.29 is 35.6 Å². The summed E-state index contributed by atoms with van der Waals surface area (Å²) in [4.78, 5) is 28.6. The molecule has 1 unspecified atom stereocenters. The molecule has 0 bridgehead atoms. The van der Waals surface area contributed by atoms with Gasteiger partial charge in [0.15, 0.2) is 9.84 Å². The van der Waals surface area contributed by atoms with Gasteiger partial charge >= 0.3 is 6.18 Å². The van der Waals surface area contributed by atoms with Gasteiger partial charge in [0.2, 0.25) is 5.91 Å². The van der Waals surface area contributed by atoms with E-state index >= 15 is 0 Å². The molecule has 0 aromatic heterocycles. The van der Waals surface area contributed by atoms with Crippen molar-refractivity contribution in [3.8, 4) is 0 Å². The van der Waals surface area contributed by atoms with Gasteiger partial charge in [0.25, 0.3) is 5.91 Å². The predicted octanol–water partition coefficient (Wildman–Crippen LogP) is 4.65. The number of piperidine rings is 1. The van der Waals surface area contributed by atoms with Crippen LogP contribution in [0.5, 0.6) is 0 Å². The molecule has 1 aliphatic heterocycles. The molecular formula is C27H26F4N2O4S. The minimum absolute atomic E-state index is 0.00660. The van der Waals surface area contributed by atoms with Crippen LogP contribution < -0.4 is 5.32 Å². The molecule has 4 fully saturated rings. The number of hydrogen-bond acceptors (Lipinski definition) is 4. The molecule has 2 aromatic carbocycles. The average Bonchev–Trinajstić information content (AvgIpc) is 3.73. The number of amides is 2. The lowest BCUT2D eigenvalue weighted by Crippen LogP contribution is -2.49. The number of fused-ring (bicyclic) bond motifs is 1. The summed E-state index contributed by atoms with van der Waals surface area (Å²) in [5, 5.41) is 2.40. The van der Waals surface area contributed by atoms with E-state index in [1.807, 2.05) is 0 Å². The van der Waals surface area contributed by atoms with Crippen LogP contribution in [-0.2, 0) is 20.8 Å². The zero-order chi connectivity index (χ0) is 27.0. The zero-order valence-corrected chi connectivity index (χ0v) is 21.1. The monoisotopic (exact) mass is 550 g/mol. The zero-order valence-electron chi connectivity index (χ0n) is 20.2. The van der Waals surface area contributed by atoms with E-state index < -0.39 is 56.5 Å². The van der Waals surface area contributed by atoms with E-state index in [1.54, 1.807) is 0 Å². The lowest BCUT2D eigenvalue weighted by atomic mass is 9.99. The average molecular weight is 551 g/mol. The molecule has 6 nitrogen and oxygen atoms in total. The lowest BCUT2D eigenvalue weighted by Gasteiger charge is -2.29. The Bertz CT molecular complexity index is 1420. The van der Waals surface area contributed by atoms with E-state index in [9.17, 15) is 35.6 Å². The first-order chi connectivity index (χ1) is 17.9. The topological polar surface area (TPSA) is 83.6 Å². The van der Waals surface area contributed by atoms with Gasteiger partial charge in [0.1, 0.15) is 11.9 Å². The minimum atomic E-state index is -4.68. The van der Waals surface area contributed by atoms with E-state index in [0.29, 0.717) is 38.2 Å². The van der Waals surface area contributed by atoms with Crippen LogP contribution in [-0.4, -0.2) is 42.5 Å². The fourth-order valence-corrected chi connectivity index (χ4v) is 7.29. The molecule has 0 spiro atoms. The number of hydrogen-bond donors (Lipinski definition) is 1. The van der Waals surface area contributed by atoms with Gasteiger partial charge in [-0.15, -0.1) is 0 Å². The number of benzene rings is 2. The second kappa shape index (κ2) is 8.79. The van der Waals surface area contributed by atoms with Crippen LogP contribution in [0.15, 0.2) is 47.4 Å². The number of likely N-dealkylation sites (tertiary alicyclic amines) is 1. The summed E-state index contributed by atoms with van der Waals surface area (Å²) in [5.74, 6) is -1.91. The maximum atomic E-state index is 14.8. The third-order valence-corrected chi connectivity index (χ3v) is 10.3. The molecule has 3 saturated carbocycles. The van der Waals surface area contributed by atoms with Crippen molar-refractivity contribution in [3.63, 3.8) is 0 Å². The summed E-state index contributed by atoms with van der Waals surface area (Å²) >= 11 is 0. The summed E-state index contributed by atoms with van der Waals surface area (Å²) in [7, 11) is -3.50. The van der Waals surface area contributed by atoms with Crippen molar-refractivity contribution in [1.29, 1.82) is 0 Å². The highest BCUT2D eigenvalue weighted by molar-refractivity contribution is 7.92. The fourth-order valence-electron chi connectivity index (χ4n) is 5.59. The van der Waals surface area contributed by atoms with Crippen molar-refractivity contribution in [3.05, 3.63) is 65.0 Å². The second-order valence-electron chi connectivity index (χ2n) is 10.9. The van der Waals surface area contributed by atoms with Gasteiger partial charge in [-0.25, -0.2) is 12.8 Å². The molecule has 6 rings (SSSR count). The van der Waals surface area contributed by atoms with Gasteiger partial charge in [-0.2, -0.15) is 13.2 Å². The largest absolute Gasteiger partial charge is 0.416 e. The molecule has 2 aromatic rings. The van der Waals surface area contributed by atoms with Crippen LogP contribution in [0.1, 0.15) is 66.1 Å². The van der Waals surface area contributed by atoms with Crippen LogP contribution >= 0.6 is 0 Å². The standard InChI is InChI=1S/C27H26F4N2O4S/c28-21-13-17(27(29,30)31)6-9-20(21)24(14-4-5-14)32-25(34)23-12-16-11-22(16)33(23)26(35)15-2-1-3-19(10-15)38(36,37)18-7-8-18/h1-3,6,9-10,13-14,16,18,22-24H,4-5,7-8,11-12H2,(H,32,34)/t16-,22-,23-,24?/m1/s1. The van der Waals surface area contributed by atoms with Crippen LogP contribution in [0.3, 0.4) is 0 Å². The third kappa shape index (κ3) is 4.58. The maximum absolute atomic E-state index is 14.8. The second-order valence-corrected chi connectivity index (χ2v) is 13.1. The molecular weight excluding hydrogens is 524 g/mol. The molecule has 4 atom stereocenters. The highest BCUT2D eigenvalue weighted by atomic mass is 32.2. The van der Waals surface area contributed by atoms with Crippen molar-refractivity contribution in [1.82, 2.24) is 10.2 Å². The van der Waals surface area contributed by atoms with Gasteiger partial charge in [-0.1, -0.05) is 12.1 Å². The Kier molecular flexibility index (Phi) is 5.86. The first kappa shape index (κ1) is 25.3. The summed E-state index contributed by atoms with van der Waals surface area (Å²) in [5.41, 5.74) is -0.921. The normalized spacial score (nSPS) is 25.6. The number of alkyl halides is 3. The third-order valence-electron chi connectivity index (χ3n) is 8.07. The van der Waals surface area contributed by atoms with Gasteiger partial charge in [0, 0.05) is 17.2 Å². The van der Waals surface area contributed by atoms with E-state index in [0.717, 1.165) is 18.6 Å². The van der Waals surface area contributed by atoms with Crippen molar-refractivity contribution in [2.24, 2.45) is 11.8 Å². The van der Waals surface area contributed by atoms with Crippen LogP contribution in [0.25, 0.3) is 0 Å². The number of carbonyl (C=O) groups is 2. The van der Waals surface area contributed by atoms with Crippen molar-refractivity contribution in [2.75, 3.05) is 0 Å². The molecule has 11 heteroatoms. The van der Waals surface area contributed by atoms with E-state index in [4.69, 9.17) is 0 Å². The van der Waals surface area contributed by atoms with Gasteiger partial charge in [0.05, 0.1) is 21.8 Å². The molecule has 3 aliphatic carbocycles. The predicted molar refractivity (Wildman–Crippen MR) is 128 cm³/mol. The van der Waals surface area contributed by atoms with Crippen molar-refractivity contribution in [2.45, 2.75) is 73.0 Å². The Morgan fingerprint density at radius 3 is 2.37 bits per heavy atom. The van der Waals surface area contributed by atoms with E-state index in [2.05, 4.69) is 5.32 Å². The Hall–Kier alpha value is -2.95. The first-order valence-electron chi connectivity index (χ1n) is 12.8. The molecule has 202 valence electrons. The summed E-state index contributed by atoms with van der Waals surface area (Å²) in [6.07, 6.45) is -0.915. The van der Waals surface area contributed by atoms with Crippen LogP contribution in [0.2, 0.25) is 0 Å². The van der Waals surface area contributed by atoms with Crippen LogP contribution in [0.4, 0.5) is 17.6 Å². The van der Waals surface area contributed by atoms with E-state index in [1.165, 1.54) is 29.2 Å². The molecule has 2 amide bonds. The molecule has 1 N–H and O–H groups in total. The summed E-state index contributed by atoms with van der Waals surface area (Å²) in [6.45, 7) is 0. The minimum Gasteiger partial charge on any atom is -0.347 e. The highest BCUT2D eigenvalue weighted by Crippen LogP contribution is 2.49. The molecule has 38 heavy (non-hydrogen) atoms. The molecule has 4 aliphatic rings. The summed E-state index contributed by atoms with van der Waals surface area (Å²) in [6, 6.07) is 6.45. The Morgan fingerprint density at radius 1 is 1.00 bits per heavy atom. The Balaban J connectivity index is 1.23. The first-order valence-corrected chi connectivity index (χ1v) is 14.3. The van der Waals surface area contributed by atoms with E-state index in [-0.39, 0.29) is 33.9 Å². The lowest BCUT2D eigenvalue weighted by molar-refractivity contribution is -0.137. The fraction of sp³-hybridized carbons (Fsp3) is 0.481. The molecule has 0 radical (unpaired) electrons. The smallest absolute Gasteiger partial charge is 0.347 e. The summed E-state index contributed by atoms with van der Waals surface area (Å²) < 4.78 is 79.2. The van der Waals surface area contributed by atoms with Crippen molar-refractivity contribution >= 4 is 21.7 Å². The number of carbonyl (C=O) groups excluding carboxylic acids is 2. The Labute approximate surface area is 217 Å². The maximum Gasteiger partial charge on any atom is 0.416 e. The number of rotatable bonds is 7. The number of sulfone groups is 1. The van der Waals surface area contributed by atoms with Gasteiger partial charge in [-0.05, 0) is 80.7 Å².